The molecule has 1 fully saturated rings. The van der Waals surface area contributed by atoms with E-state index in [1.54, 1.807) is 41.1 Å². The van der Waals surface area contributed by atoms with Crippen LogP contribution in [0.4, 0.5) is 5.69 Å². The Kier molecular flexibility index (Phi) is 3.39. The van der Waals surface area contributed by atoms with Gasteiger partial charge < -0.3 is 9.80 Å². The van der Waals surface area contributed by atoms with E-state index in [0.29, 0.717) is 30.1 Å². The van der Waals surface area contributed by atoms with E-state index in [9.17, 15) is 9.59 Å². The van der Waals surface area contributed by atoms with Gasteiger partial charge in [0, 0.05) is 36.4 Å². The topological polar surface area (TPSA) is 40.6 Å². The van der Waals surface area contributed by atoms with E-state index in [1.165, 1.54) is 0 Å². The maximum Gasteiger partial charge on any atom is 0.253 e. The predicted octanol–water partition coefficient (Wildman–Crippen LogP) is 3.10. The summed E-state index contributed by atoms with van der Waals surface area (Å²) in [6.45, 7) is 0.984. The Morgan fingerprint density at radius 3 is 2.75 bits per heavy atom. The first-order valence-corrected chi connectivity index (χ1v) is 8.33. The molecule has 0 radical (unpaired) electrons. The van der Waals surface area contributed by atoms with Crippen molar-refractivity contribution < 1.29 is 9.59 Å². The van der Waals surface area contributed by atoms with E-state index in [2.05, 4.69) is 0 Å². The number of fused-ring (bicyclic) bond motifs is 2. The Balaban J connectivity index is 1.67. The molecule has 0 N–H and O–H groups in total. The van der Waals surface area contributed by atoms with Gasteiger partial charge in [-0.2, -0.15) is 0 Å². The molecule has 0 saturated carbocycles. The lowest BCUT2D eigenvalue weighted by molar-refractivity contribution is -0.122. The van der Waals surface area contributed by atoms with Crippen molar-refractivity contribution in [2.75, 3.05) is 25.0 Å². The molecule has 1 atom stereocenters. The molecule has 122 valence electrons. The van der Waals surface area contributed by atoms with Gasteiger partial charge in [-0.1, -0.05) is 35.9 Å². The van der Waals surface area contributed by atoms with Crippen molar-refractivity contribution in [3.05, 3.63) is 64.7 Å². The summed E-state index contributed by atoms with van der Waals surface area (Å²) in [5.74, 6) is -0.000645. The second-order valence-corrected chi connectivity index (χ2v) is 6.89. The molecule has 24 heavy (non-hydrogen) atoms. The van der Waals surface area contributed by atoms with Gasteiger partial charge in [-0.05, 0) is 36.2 Å². The summed E-state index contributed by atoms with van der Waals surface area (Å²) < 4.78 is 0. The van der Waals surface area contributed by atoms with Crippen LogP contribution in [0.5, 0.6) is 0 Å². The van der Waals surface area contributed by atoms with Gasteiger partial charge in [-0.25, -0.2) is 0 Å². The van der Waals surface area contributed by atoms with Gasteiger partial charge >= 0.3 is 0 Å². The van der Waals surface area contributed by atoms with Crippen LogP contribution >= 0.6 is 11.6 Å². The summed E-state index contributed by atoms with van der Waals surface area (Å²) in [7, 11) is 1.80. The summed E-state index contributed by atoms with van der Waals surface area (Å²) in [4.78, 5) is 29.2. The first kappa shape index (κ1) is 15.2. The van der Waals surface area contributed by atoms with Crippen molar-refractivity contribution in [2.45, 2.75) is 11.8 Å². The van der Waals surface area contributed by atoms with Crippen LogP contribution in [0.1, 0.15) is 22.3 Å². The van der Waals surface area contributed by atoms with Crippen LogP contribution in [-0.4, -0.2) is 36.9 Å². The molecule has 0 bridgehead atoms. The molecule has 4 rings (SSSR count). The van der Waals surface area contributed by atoms with Crippen LogP contribution in [0.2, 0.25) is 5.02 Å². The first-order chi connectivity index (χ1) is 11.5. The molecule has 5 heteroatoms. The lowest BCUT2D eigenvalue weighted by atomic mass is 9.81. The van der Waals surface area contributed by atoms with Crippen molar-refractivity contribution in [3.63, 3.8) is 0 Å². The van der Waals surface area contributed by atoms with E-state index in [1.807, 2.05) is 24.3 Å². The average molecular weight is 341 g/mol. The molecule has 2 aromatic rings. The monoisotopic (exact) mass is 340 g/mol. The highest BCUT2D eigenvalue weighted by Crippen LogP contribution is 2.46. The van der Waals surface area contributed by atoms with Crippen LogP contribution in [0, 0.1) is 0 Å². The number of likely N-dealkylation sites (N-methyl/N-ethyl adjacent to an activating group) is 1. The molecular weight excluding hydrogens is 324 g/mol. The summed E-state index contributed by atoms with van der Waals surface area (Å²) >= 11 is 5.99. The lowest BCUT2D eigenvalue weighted by Crippen LogP contribution is -2.42. The number of hydrogen-bond donors (Lipinski definition) is 0. The van der Waals surface area contributed by atoms with Crippen LogP contribution in [-0.2, 0) is 10.2 Å². The van der Waals surface area contributed by atoms with Crippen molar-refractivity contribution in [1.82, 2.24) is 4.90 Å². The Bertz CT molecular complexity index is 851. The van der Waals surface area contributed by atoms with Crippen molar-refractivity contribution in [3.8, 4) is 0 Å². The fraction of sp³-hybridized carbons (Fsp3) is 0.263. The molecule has 4 nitrogen and oxygen atoms in total. The SMILES string of the molecule is CN1C(=O)C2(CCN(C(=O)c3cccc(Cl)c3)C2)c2ccccc21. The largest absolute Gasteiger partial charge is 0.337 e. The Morgan fingerprint density at radius 2 is 1.96 bits per heavy atom. The fourth-order valence-electron chi connectivity index (χ4n) is 3.90. The zero-order valence-corrected chi connectivity index (χ0v) is 14.1. The molecule has 1 spiro atoms. The number of carbonyl (C=O) groups is 2. The summed E-state index contributed by atoms with van der Waals surface area (Å²) in [6.07, 6.45) is 0.652. The second-order valence-electron chi connectivity index (χ2n) is 6.45. The second kappa shape index (κ2) is 5.35. The smallest absolute Gasteiger partial charge is 0.253 e. The highest BCUT2D eigenvalue weighted by molar-refractivity contribution is 6.31. The van der Waals surface area contributed by atoms with Gasteiger partial charge in [0.05, 0.1) is 5.41 Å². The molecule has 2 aliphatic heterocycles. The van der Waals surface area contributed by atoms with E-state index < -0.39 is 5.41 Å². The van der Waals surface area contributed by atoms with Crippen LogP contribution < -0.4 is 4.90 Å². The third-order valence-electron chi connectivity index (χ3n) is 5.12. The average Bonchev–Trinajstić information content (AvgIpc) is 3.13. The van der Waals surface area contributed by atoms with Gasteiger partial charge in [-0.3, -0.25) is 9.59 Å². The highest BCUT2D eigenvalue weighted by Gasteiger charge is 2.54. The summed E-state index contributed by atoms with van der Waals surface area (Å²) in [6, 6.07) is 14.8. The van der Waals surface area contributed by atoms with Crippen LogP contribution in [0.15, 0.2) is 48.5 Å². The predicted molar refractivity (Wildman–Crippen MR) is 93.5 cm³/mol. The summed E-state index contributed by atoms with van der Waals surface area (Å²) in [5, 5.41) is 0.539. The van der Waals surface area contributed by atoms with Crippen LogP contribution in [0.25, 0.3) is 0 Å². The molecule has 2 heterocycles. The number of para-hydroxylation sites is 1. The fourth-order valence-corrected chi connectivity index (χ4v) is 4.09. The van der Waals surface area contributed by atoms with Gasteiger partial charge in [-0.15, -0.1) is 0 Å². The number of nitrogens with zero attached hydrogens (tertiary/aromatic N) is 2. The van der Waals surface area contributed by atoms with Crippen molar-refractivity contribution in [2.24, 2.45) is 0 Å². The normalized spacial score (nSPS) is 22.3. The van der Waals surface area contributed by atoms with E-state index in [4.69, 9.17) is 11.6 Å². The molecule has 0 aliphatic carbocycles. The molecule has 1 unspecified atom stereocenters. The van der Waals surface area contributed by atoms with Crippen molar-refractivity contribution >= 4 is 29.1 Å². The first-order valence-electron chi connectivity index (χ1n) is 7.95. The van der Waals surface area contributed by atoms with Crippen LogP contribution in [0.3, 0.4) is 0 Å². The number of anilines is 1. The molecule has 2 aliphatic rings. The molecular formula is C19H17ClN2O2. The van der Waals surface area contributed by atoms with E-state index in [0.717, 1.165) is 11.3 Å². The molecule has 2 aromatic carbocycles. The quantitative estimate of drug-likeness (QED) is 0.800. The third kappa shape index (κ3) is 2.06. The number of halogens is 1. The minimum absolute atomic E-state index is 0.0742. The number of rotatable bonds is 1. The number of benzene rings is 2. The Hall–Kier alpha value is -2.33. The Morgan fingerprint density at radius 1 is 1.17 bits per heavy atom. The number of carbonyl (C=O) groups excluding carboxylic acids is 2. The molecule has 0 aromatic heterocycles. The minimum Gasteiger partial charge on any atom is -0.337 e. The third-order valence-corrected chi connectivity index (χ3v) is 5.36. The zero-order chi connectivity index (χ0) is 16.9. The number of likely N-dealkylation sites (tertiary alicyclic amines) is 1. The lowest BCUT2D eigenvalue weighted by Gasteiger charge is -2.23. The van der Waals surface area contributed by atoms with Gasteiger partial charge in [0.25, 0.3) is 5.91 Å². The van der Waals surface area contributed by atoms with E-state index >= 15 is 0 Å². The van der Waals surface area contributed by atoms with Gasteiger partial charge in [0.2, 0.25) is 5.91 Å². The highest BCUT2D eigenvalue weighted by atomic mass is 35.5. The molecule has 2 amide bonds. The Labute approximate surface area is 145 Å². The van der Waals surface area contributed by atoms with E-state index in [-0.39, 0.29) is 11.8 Å². The maximum absolute atomic E-state index is 12.9. The standard InChI is InChI=1S/C19H17ClN2O2/c1-21-16-8-3-2-7-15(16)19(18(21)24)9-10-22(12-19)17(23)13-5-4-6-14(20)11-13/h2-8,11H,9-10,12H2,1H3. The zero-order valence-electron chi connectivity index (χ0n) is 13.3. The number of amides is 2. The minimum atomic E-state index is -0.612. The summed E-state index contributed by atoms with van der Waals surface area (Å²) in [5.41, 5.74) is 1.92. The molecule has 1 saturated heterocycles. The van der Waals surface area contributed by atoms with Gasteiger partial charge in [0.15, 0.2) is 0 Å². The van der Waals surface area contributed by atoms with Crippen molar-refractivity contribution in [1.29, 1.82) is 0 Å². The number of hydrogen-bond acceptors (Lipinski definition) is 2. The van der Waals surface area contributed by atoms with Gasteiger partial charge in [0.1, 0.15) is 0 Å². The maximum atomic E-state index is 12.9.